The van der Waals surface area contributed by atoms with E-state index in [1.807, 2.05) is 36.5 Å². The van der Waals surface area contributed by atoms with Gasteiger partial charge in [0.05, 0.1) is 11.0 Å². The Morgan fingerprint density at radius 2 is 1.50 bits per heavy atom. The van der Waals surface area contributed by atoms with E-state index in [1.54, 1.807) is 12.1 Å². The van der Waals surface area contributed by atoms with Crippen molar-refractivity contribution in [1.29, 1.82) is 0 Å². The van der Waals surface area contributed by atoms with Crippen molar-refractivity contribution in [2.24, 2.45) is 4.99 Å². The SMILES string of the molecule is O=[N+]([O-])c1ccc(-c2ccc(C=N[C@@H]3C[C@@H]3c3ccccc3)cc2)cc1. The molecule has 0 bridgehead atoms. The molecule has 4 rings (SSSR count). The Labute approximate surface area is 152 Å². The molecular weight excluding hydrogens is 324 g/mol. The zero-order chi connectivity index (χ0) is 17.9. The molecule has 2 atom stereocenters. The van der Waals surface area contributed by atoms with Gasteiger partial charge in [0.2, 0.25) is 0 Å². The first kappa shape index (κ1) is 16.2. The molecule has 1 aliphatic rings. The molecule has 0 spiro atoms. The third kappa shape index (κ3) is 3.54. The van der Waals surface area contributed by atoms with Crippen molar-refractivity contribution in [3.05, 3.63) is 100 Å². The minimum absolute atomic E-state index is 0.106. The van der Waals surface area contributed by atoms with Gasteiger partial charge >= 0.3 is 0 Å². The first-order chi connectivity index (χ1) is 12.7. The van der Waals surface area contributed by atoms with Crippen LogP contribution in [0.25, 0.3) is 11.1 Å². The van der Waals surface area contributed by atoms with Gasteiger partial charge in [-0.15, -0.1) is 0 Å². The number of aliphatic imine (C=N–C) groups is 1. The molecule has 1 saturated carbocycles. The van der Waals surface area contributed by atoms with Crippen LogP contribution < -0.4 is 0 Å². The minimum Gasteiger partial charge on any atom is -0.289 e. The second-order valence-corrected chi connectivity index (χ2v) is 6.52. The standard InChI is InChI=1S/C22H18N2O2/c25-24(26)20-12-10-18(11-13-20)17-8-6-16(7-9-17)15-23-22-14-21(22)19-4-2-1-3-5-19/h1-13,15,21-22H,14H2/t21-,22-/m1/s1. The van der Waals surface area contributed by atoms with Gasteiger partial charge in [0.15, 0.2) is 0 Å². The van der Waals surface area contributed by atoms with Crippen molar-refractivity contribution < 1.29 is 4.92 Å². The highest BCUT2D eigenvalue weighted by molar-refractivity contribution is 5.81. The van der Waals surface area contributed by atoms with E-state index >= 15 is 0 Å². The van der Waals surface area contributed by atoms with Crippen molar-refractivity contribution in [2.75, 3.05) is 0 Å². The summed E-state index contributed by atoms with van der Waals surface area (Å²) in [5, 5.41) is 10.7. The van der Waals surface area contributed by atoms with Crippen molar-refractivity contribution in [3.63, 3.8) is 0 Å². The summed E-state index contributed by atoms with van der Waals surface area (Å²) in [6.07, 6.45) is 3.05. The Kier molecular flexibility index (Phi) is 4.32. The Hall–Kier alpha value is -3.27. The number of rotatable bonds is 5. The number of nitro benzene ring substituents is 1. The van der Waals surface area contributed by atoms with Crippen LogP contribution in [0, 0.1) is 10.1 Å². The molecule has 4 heteroatoms. The van der Waals surface area contributed by atoms with Crippen LogP contribution in [-0.2, 0) is 0 Å². The number of benzene rings is 3. The van der Waals surface area contributed by atoms with Gasteiger partial charge < -0.3 is 0 Å². The molecular formula is C22H18N2O2. The van der Waals surface area contributed by atoms with Crippen LogP contribution in [-0.4, -0.2) is 17.2 Å². The lowest BCUT2D eigenvalue weighted by Gasteiger charge is -2.02. The van der Waals surface area contributed by atoms with Crippen LogP contribution in [0.5, 0.6) is 0 Å². The molecule has 3 aromatic carbocycles. The fourth-order valence-electron chi connectivity index (χ4n) is 3.12. The Morgan fingerprint density at radius 3 is 2.12 bits per heavy atom. The maximum atomic E-state index is 10.7. The lowest BCUT2D eigenvalue weighted by atomic mass is 10.0. The molecule has 0 N–H and O–H groups in total. The zero-order valence-corrected chi connectivity index (χ0v) is 14.2. The summed E-state index contributed by atoms with van der Waals surface area (Å²) < 4.78 is 0. The van der Waals surface area contributed by atoms with E-state index in [0.717, 1.165) is 23.1 Å². The molecule has 0 heterocycles. The molecule has 1 aliphatic carbocycles. The quantitative estimate of drug-likeness (QED) is 0.362. The molecule has 3 aromatic rings. The summed E-state index contributed by atoms with van der Waals surface area (Å²) in [6, 6.07) is 25.6. The number of hydrogen-bond donors (Lipinski definition) is 0. The molecule has 0 aliphatic heterocycles. The third-order valence-corrected chi connectivity index (χ3v) is 4.72. The highest BCUT2D eigenvalue weighted by Crippen LogP contribution is 2.43. The number of nitrogens with zero attached hydrogens (tertiary/aromatic N) is 2. The predicted molar refractivity (Wildman–Crippen MR) is 104 cm³/mol. The zero-order valence-electron chi connectivity index (χ0n) is 14.2. The van der Waals surface area contributed by atoms with E-state index in [2.05, 4.69) is 24.3 Å². The van der Waals surface area contributed by atoms with Crippen LogP contribution in [0.15, 0.2) is 83.9 Å². The normalized spacial score (nSPS) is 18.8. The number of nitro groups is 1. The van der Waals surface area contributed by atoms with E-state index < -0.39 is 0 Å². The summed E-state index contributed by atoms with van der Waals surface area (Å²) in [5.41, 5.74) is 4.53. The van der Waals surface area contributed by atoms with Crippen LogP contribution in [0.1, 0.15) is 23.5 Å². The smallest absolute Gasteiger partial charge is 0.269 e. The molecule has 0 radical (unpaired) electrons. The molecule has 4 nitrogen and oxygen atoms in total. The van der Waals surface area contributed by atoms with Gasteiger partial charge in [-0.3, -0.25) is 15.1 Å². The minimum atomic E-state index is -0.385. The highest BCUT2D eigenvalue weighted by atomic mass is 16.6. The fourth-order valence-corrected chi connectivity index (χ4v) is 3.12. The second-order valence-electron chi connectivity index (χ2n) is 6.52. The van der Waals surface area contributed by atoms with E-state index in [-0.39, 0.29) is 10.6 Å². The summed E-state index contributed by atoms with van der Waals surface area (Å²) in [7, 11) is 0. The monoisotopic (exact) mass is 342 g/mol. The largest absolute Gasteiger partial charge is 0.289 e. The summed E-state index contributed by atoms with van der Waals surface area (Å²) in [6.45, 7) is 0. The maximum absolute atomic E-state index is 10.7. The van der Waals surface area contributed by atoms with E-state index in [0.29, 0.717) is 12.0 Å². The first-order valence-electron chi connectivity index (χ1n) is 8.64. The van der Waals surface area contributed by atoms with Crippen LogP contribution in [0.2, 0.25) is 0 Å². The van der Waals surface area contributed by atoms with Gasteiger partial charge in [-0.2, -0.15) is 0 Å². The van der Waals surface area contributed by atoms with Crippen molar-refractivity contribution >= 4 is 11.9 Å². The molecule has 0 amide bonds. The molecule has 26 heavy (non-hydrogen) atoms. The van der Waals surface area contributed by atoms with Crippen LogP contribution in [0.3, 0.4) is 0 Å². The Bertz CT molecular complexity index is 932. The van der Waals surface area contributed by atoms with Crippen molar-refractivity contribution in [1.82, 2.24) is 0 Å². The lowest BCUT2D eigenvalue weighted by Crippen LogP contribution is -1.88. The Morgan fingerprint density at radius 1 is 0.885 bits per heavy atom. The highest BCUT2D eigenvalue weighted by Gasteiger charge is 2.37. The molecule has 0 saturated heterocycles. The van der Waals surface area contributed by atoms with E-state index in [1.165, 1.54) is 17.7 Å². The van der Waals surface area contributed by atoms with Gasteiger partial charge in [-0.1, -0.05) is 54.6 Å². The third-order valence-electron chi connectivity index (χ3n) is 4.72. The summed E-state index contributed by atoms with van der Waals surface area (Å²) in [5.74, 6) is 0.548. The van der Waals surface area contributed by atoms with Gasteiger partial charge in [0, 0.05) is 24.3 Å². The molecule has 128 valence electrons. The Balaban J connectivity index is 1.41. The number of hydrogen-bond acceptors (Lipinski definition) is 3. The van der Waals surface area contributed by atoms with Gasteiger partial charge in [0.25, 0.3) is 5.69 Å². The average molecular weight is 342 g/mol. The predicted octanol–water partition coefficient (Wildman–Crippen LogP) is 5.24. The second kappa shape index (κ2) is 6.92. The summed E-state index contributed by atoms with van der Waals surface area (Å²) in [4.78, 5) is 15.0. The van der Waals surface area contributed by atoms with Gasteiger partial charge in [0.1, 0.15) is 0 Å². The maximum Gasteiger partial charge on any atom is 0.269 e. The first-order valence-corrected chi connectivity index (χ1v) is 8.64. The topological polar surface area (TPSA) is 55.5 Å². The van der Waals surface area contributed by atoms with Gasteiger partial charge in [-0.25, -0.2) is 0 Å². The average Bonchev–Trinajstić information content (AvgIpc) is 3.47. The van der Waals surface area contributed by atoms with Crippen LogP contribution in [0.4, 0.5) is 5.69 Å². The fraction of sp³-hybridized carbons (Fsp3) is 0.136. The number of non-ortho nitro benzene ring substituents is 1. The summed E-state index contributed by atoms with van der Waals surface area (Å²) >= 11 is 0. The molecule has 1 fully saturated rings. The molecule has 0 unspecified atom stereocenters. The van der Waals surface area contributed by atoms with Crippen LogP contribution >= 0.6 is 0 Å². The van der Waals surface area contributed by atoms with Gasteiger partial charge in [-0.05, 0) is 40.8 Å². The lowest BCUT2D eigenvalue weighted by molar-refractivity contribution is -0.384. The van der Waals surface area contributed by atoms with Crippen molar-refractivity contribution in [3.8, 4) is 11.1 Å². The van der Waals surface area contributed by atoms with E-state index in [9.17, 15) is 10.1 Å². The van der Waals surface area contributed by atoms with Crippen molar-refractivity contribution in [2.45, 2.75) is 18.4 Å². The molecule has 0 aromatic heterocycles. The van der Waals surface area contributed by atoms with E-state index in [4.69, 9.17) is 4.99 Å².